The highest BCUT2D eigenvalue weighted by atomic mass is 35.5. The van der Waals surface area contributed by atoms with Gasteiger partial charge in [0.25, 0.3) is 5.91 Å². The smallest absolute Gasteiger partial charge is 0.341 e. The third-order valence-electron chi connectivity index (χ3n) is 3.88. The number of hydrogen-bond donors (Lipinski definition) is 2. The minimum atomic E-state index is -3.59. The van der Waals surface area contributed by atoms with Gasteiger partial charge in [-0.25, -0.2) is 13.2 Å². The van der Waals surface area contributed by atoms with Crippen molar-refractivity contribution in [2.75, 3.05) is 11.0 Å². The summed E-state index contributed by atoms with van der Waals surface area (Å²) in [6, 6.07) is 10.4. The number of esters is 1. The molecule has 29 heavy (non-hydrogen) atoms. The van der Waals surface area contributed by atoms with Gasteiger partial charge in [0.1, 0.15) is 0 Å². The number of hydrogen-bond acceptors (Lipinski definition) is 5. The Hall–Kier alpha value is -2.29. The molecule has 0 saturated carbocycles. The first kappa shape index (κ1) is 23.0. The van der Waals surface area contributed by atoms with Crippen LogP contribution >= 0.6 is 23.2 Å². The largest absolute Gasteiger partial charge is 0.449 e. The van der Waals surface area contributed by atoms with Crippen molar-refractivity contribution < 1.29 is 22.7 Å². The van der Waals surface area contributed by atoms with Crippen molar-refractivity contribution in [3.63, 3.8) is 0 Å². The van der Waals surface area contributed by atoms with Crippen molar-refractivity contribution in [2.24, 2.45) is 0 Å². The maximum absolute atomic E-state index is 12.4. The van der Waals surface area contributed by atoms with E-state index in [1.54, 1.807) is 37.3 Å². The Morgan fingerprint density at radius 1 is 1.07 bits per heavy atom. The first-order chi connectivity index (χ1) is 13.5. The molecule has 0 aliphatic carbocycles. The van der Waals surface area contributed by atoms with E-state index in [1.807, 2.05) is 0 Å². The zero-order chi connectivity index (χ0) is 21.8. The van der Waals surface area contributed by atoms with Crippen LogP contribution in [0.2, 0.25) is 10.0 Å². The molecule has 2 aromatic carbocycles. The van der Waals surface area contributed by atoms with Crippen LogP contribution in [0.4, 0.5) is 5.69 Å². The summed E-state index contributed by atoms with van der Waals surface area (Å²) in [5.74, 6) is -1.37. The molecule has 1 amide bonds. The van der Waals surface area contributed by atoms with Gasteiger partial charge in [-0.3, -0.25) is 9.52 Å². The third-order valence-corrected chi connectivity index (χ3v) is 5.04. The lowest BCUT2D eigenvalue weighted by atomic mass is 10.1. The number of carbonyl (C=O) groups excluding carboxylic acids is 2. The zero-order valence-electron chi connectivity index (χ0n) is 15.9. The van der Waals surface area contributed by atoms with E-state index in [1.165, 1.54) is 19.1 Å². The van der Waals surface area contributed by atoms with Crippen LogP contribution in [0.25, 0.3) is 0 Å². The first-order valence-corrected chi connectivity index (χ1v) is 11.2. The Morgan fingerprint density at radius 3 is 2.34 bits per heavy atom. The number of halogens is 2. The minimum Gasteiger partial charge on any atom is -0.449 e. The van der Waals surface area contributed by atoms with Gasteiger partial charge in [-0.15, -0.1) is 0 Å². The highest BCUT2D eigenvalue weighted by Gasteiger charge is 2.23. The highest BCUT2D eigenvalue weighted by molar-refractivity contribution is 7.92. The Balaban J connectivity index is 2.07. The van der Waals surface area contributed by atoms with Crippen molar-refractivity contribution >= 4 is 50.8 Å². The normalized spacial score (nSPS) is 13.3. The SMILES string of the molecule is C[C@H](NC(=O)[C@@H](C)OC(=O)c1ccccc1NS(C)(=O)=O)c1ccc(Cl)cc1Cl. The van der Waals surface area contributed by atoms with Gasteiger partial charge in [-0.1, -0.05) is 41.4 Å². The lowest BCUT2D eigenvalue weighted by molar-refractivity contribution is -0.129. The number of nitrogens with one attached hydrogen (secondary N) is 2. The fourth-order valence-electron chi connectivity index (χ4n) is 2.49. The standard InChI is InChI=1S/C19H20Cl2N2O5S/c1-11(14-9-8-13(20)10-16(14)21)22-18(24)12(2)28-19(25)15-6-4-5-7-17(15)23-29(3,26)27/h4-12,23H,1-3H3,(H,22,24)/t11-,12+/m0/s1. The third kappa shape index (κ3) is 6.62. The number of benzene rings is 2. The summed E-state index contributed by atoms with van der Waals surface area (Å²) in [5.41, 5.74) is 0.714. The molecule has 2 aromatic rings. The summed E-state index contributed by atoms with van der Waals surface area (Å²) < 4.78 is 30.4. The Morgan fingerprint density at radius 2 is 1.72 bits per heavy atom. The number of anilines is 1. The Kier molecular flexibility index (Phi) is 7.51. The van der Waals surface area contributed by atoms with E-state index >= 15 is 0 Å². The fourth-order valence-corrected chi connectivity index (χ4v) is 3.64. The quantitative estimate of drug-likeness (QED) is 0.614. The lowest BCUT2D eigenvalue weighted by Crippen LogP contribution is -2.37. The molecule has 10 heteroatoms. The molecule has 0 saturated heterocycles. The summed E-state index contributed by atoms with van der Waals surface area (Å²) >= 11 is 12.0. The van der Waals surface area contributed by atoms with E-state index in [2.05, 4.69) is 10.0 Å². The lowest BCUT2D eigenvalue weighted by Gasteiger charge is -2.19. The monoisotopic (exact) mass is 458 g/mol. The second-order valence-electron chi connectivity index (χ2n) is 6.36. The molecule has 0 bridgehead atoms. The topological polar surface area (TPSA) is 102 Å². The second-order valence-corrected chi connectivity index (χ2v) is 8.96. The van der Waals surface area contributed by atoms with Gasteiger partial charge in [0.05, 0.1) is 23.5 Å². The van der Waals surface area contributed by atoms with Gasteiger partial charge < -0.3 is 10.1 Å². The molecular formula is C19H20Cl2N2O5S. The maximum atomic E-state index is 12.4. The molecule has 0 aliphatic rings. The van der Waals surface area contributed by atoms with E-state index in [0.29, 0.717) is 15.6 Å². The summed E-state index contributed by atoms with van der Waals surface area (Å²) in [4.78, 5) is 24.9. The maximum Gasteiger partial charge on any atom is 0.341 e. The van der Waals surface area contributed by atoms with Crippen LogP contribution in [-0.2, 0) is 19.6 Å². The number of sulfonamides is 1. The van der Waals surface area contributed by atoms with Gasteiger partial charge in [0, 0.05) is 10.0 Å². The van der Waals surface area contributed by atoms with Crippen molar-refractivity contribution in [1.29, 1.82) is 0 Å². The Labute approximate surface area is 179 Å². The molecule has 2 atom stereocenters. The summed E-state index contributed by atoms with van der Waals surface area (Å²) in [7, 11) is -3.59. The molecule has 0 aromatic heterocycles. The second kappa shape index (κ2) is 9.47. The average Bonchev–Trinajstić information content (AvgIpc) is 2.60. The predicted molar refractivity (Wildman–Crippen MR) is 113 cm³/mol. The summed E-state index contributed by atoms with van der Waals surface area (Å²) in [6.45, 7) is 3.14. The molecule has 0 unspecified atom stereocenters. The van der Waals surface area contributed by atoms with Gasteiger partial charge in [-0.05, 0) is 43.7 Å². The van der Waals surface area contributed by atoms with E-state index in [4.69, 9.17) is 27.9 Å². The minimum absolute atomic E-state index is 0.00799. The van der Waals surface area contributed by atoms with Crippen molar-refractivity contribution in [1.82, 2.24) is 5.32 Å². The van der Waals surface area contributed by atoms with Gasteiger partial charge in [0.15, 0.2) is 6.10 Å². The van der Waals surface area contributed by atoms with Gasteiger partial charge >= 0.3 is 5.97 Å². The zero-order valence-corrected chi connectivity index (χ0v) is 18.2. The van der Waals surface area contributed by atoms with Crippen LogP contribution in [0, 0.1) is 0 Å². The van der Waals surface area contributed by atoms with Gasteiger partial charge in [0.2, 0.25) is 10.0 Å². The number of carbonyl (C=O) groups is 2. The first-order valence-electron chi connectivity index (χ1n) is 8.51. The van der Waals surface area contributed by atoms with Crippen LogP contribution < -0.4 is 10.0 Å². The van der Waals surface area contributed by atoms with E-state index < -0.39 is 34.0 Å². The molecular weight excluding hydrogens is 439 g/mol. The van der Waals surface area contributed by atoms with Gasteiger partial charge in [-0.2, -0.15) is 0 Å². The number of para-hydroxylation sites is 1. The van der Waals surface area contributed by atoms with Crippen molar-refractivity contribution in [3.05, 3.63) is 63.6 Å². The molecule has 156 valence electrons. The fraction of sp³-hybridized carbons (Fsp3) is 0.263. The number of ether oxygens (including phenoxy) is 1. The molecule has 0 radical (unpaired) electrons. The summed E-state index contributed by atoms with van der Waals surface area (Å²) in [6.07, 6.45) is -0.156. The van der Waals surface area contributed by atoms with E-state index in [-0.39, 0.29) is 11.3 Å². The van der Waals surface area contributed by atoms with Crippen LogP contribution in [0.3, 0.4) is 0 Å². The van der Waals surface area contributed by atoms with Crippen LogP contribution in [0.15, 0.2) is 42.5 Å². The molecule has 0 aliphatic heterocycles. The van der Waals surface area contributed by atoms with Crippen molar-refractivity contribution in [3.8, 4) is 0 Å². The average molecular weight is 459 g/mol. The molecule has 7 nitrogen and oxygen atoms in total. The predicted octanol–water partition coefficient (Wildman–Crippen LogP) is 3.79. The molecule has 0 spiro atoms. The summed E-state index contributed by atoms with van der Waals surface area (Å²) in [5, 5.41) is 3.58. The molecule has 2 rings (SSSR count). The van der Waals surface area contributed by atoms with Crippen LogP contribution in [-0.4, -0.2) is 32.7 Å². The van der Waals surface area contributed by atoms with E-state index in [9.17, 15) is 18.0 Å². The number of rotatable bonds is 7. The Bertz CT molecular complexity index is 1030. The van der Waals surface area contributed by atoms with Crippen molar-refractivity contribution in [2.45, 2.75) is 26.0 Å². The molecule has 2 N–H and O–H groups in total. The highest BCUT2D eigenvalue weighted by Crippen LogP contribution is 2.26. The van der Waals surface area contributed by atoms with E-state index in [0.717, 1.165) is 6.26 Å². The van der Waals surface area contributed by atoms with Crippen LogP contribution in [0.1, 0.15) is 35.8 Å². The molecule has 0 heterocycles. The van der Waals surface area contributed by atoms with Crippen LogP contribution in [0.5, 0.6) is 0 Å². The number of amides is 1. The molecule has 0 fully saturated rings.